The monoisotopic (exact) mass is 236 g/mol. The van der Waals surface area contributed by atoms with E-state index in [9.17, 15) is 4.79 Å². The molecule has 0 bridgehead atoms. The summed E-state index contributed by atoms with van der Waals surface area (Å²) < 4.78 is 10.8. The average molecular weight is 236 g/mol. The van der Waals surface area contributed by atoms with Crippen LogP contribution in [0.25, 0.3) is 0 Å². The lowest BCUT2D eigenvalue weighted by molar-refractivity contribution is -0.121. The van der Waals surface area contributed by atoms with Crippen LogP contribution in [0.5, 0.6) is 5.75 Å². The Bertz CT molecular complexity index is 330. The smallest absolute Gasteiger partial charge is 0.155 e. The van der Waals surface area contributed by atoms with Crippen molar-refractivity contribution in [3.63, 3.8) is 0 Å². The van der Waals surface area contributed by atoms with Crippen LogP contribution in [0.3, 0.4) is 0 Å². The Morgan fingerprint density at radius 3 is 2.53 bits per heavy atom. The van der Waals surface area contributed by atoms with Crippen LogP contribution in [0.4, 0.5) is 0 Å². The third-order valence-electron chi connectivity index (χ3n) is 2.26. The van der Waals surface area contributed by atoms with Crippen molar-refractivity contribution in [2.24, 2.45) is 0 Å². The minimum Gasteiger partial charge on any atom is -0.494 e. The van der Waals surface area contributed by atoms with Gasteiger partial charge in [0.2, 0.25) is 0 Å². The maximum absolute atomic E-state index is 10.7. The Kier molecular flexibility index (Phi) is 6.33. The summed E-state index contributed by atoms with van der Waals surface area (Å²) in [5.74, 6) is 0.929. The van der Waals surface area contributed by atoms with Crippen molar-refractivity contribution < 1.29 is 14.3 Å². The van der Waals surface area contributed by atoms with E-state index in [0.29, 0.717) is 6.61 Å². The molecule has 0 aliphatic carbocycles. The molecular weight excluding hydrogens is 216 g/mol. The second-order valence-corrected chi connectivity index (χ2v) is 4.04. The molecule has 1 rings (SSSR count). The normalized spacial score (nSPS) is 10.2. The van der Waals surface area contributed by atoms with Crippen molar-refractivity contribution in [3.8, 4) is 5.75 Å². The predicted octanol–water partition coefficient (Wildman–Crippen LogP) is 2.97. The van der Waals surface area contributed by atoms with Gasteiger partial charge in [-0.2, -0.15) is 0 Å². The summed E-state index contributed by atoms with van der Waals surface area (Å²) >= 11 is 0. The molecule has 0 fully saturated rings. The van der Waals surface area contributed by atoms with Gasteiger partial charge in [0.05, 0.1) is 13.2 Å². The molecule has 0 unspecified atom stereocenters. The highest BCUT2D eigenvalue weighted by Gasteiger charge is 1.97. The average Bonchev–Trinajstić information content (AvgIpc) is 2.31. The molecular formula is C14H20O3. The van der Waals surface area contributed by atoms with Gasteiger partial charge in [0.25, 0.3) is 0 Å². The first kappa shape index (κ1) is 13.7. The number of unbranched alkanes of at least 4 members (excludes halogenated alkanes) is 1. The summed E-state index contributed by atoms with van der Waals surface area (Å²) in [5.41, 5.74) is 1.05. The van der Waals surface area contributed by atoms with Gasteiger partial charge < -0.3 is 9.47 Å². The number of ketones is 1. The predicted molar refractivity (Wildman–Crippen MR) is 67.2 cm³/mol. The van der Waals surface area contributed by atoms with Crippen molar-refractivity contribution in [1.82, 2.24) is 0 Å². The molecule has 0 amide bonds. The number of hydrogen-bond donors (Lipinski definition) is 0. The molecule has 3 heteroatoms. The van der Waals surface area contributed by atoms with Crippen LogP contribution in [0.15, 0.2) is 24.3 Å². The van der Waals surface area contributed by atoms with E-state index in [1.165, 1.54) is 6.92 Å². The molecule has 0 N–H and O–H groups in total. The van der Waals surface area contributed by atoms with Crippen LogP contribution in [-0.4, -0.2) is 19.0 Å². The Labute approximate surface area is 103 Å². The molecule has 0 saturated heterocycles. The Balaban J connectivity index is 2.31. The minimum absolute atomic E-state index is 0.0459. The number of Topliss-reactive ketones (excluding diaryl/α,β-unsaturated/α-hetero) is 1. The zero-order valence-corrected chi connectivity index (χ0v) is 10.6. The van der Waals surface area contributed by atoms with Crippen LogP contribution in [0, 0.1) is 0 Å². The highest BCUT2D eigenvalue weighted by Crippen LogP contribution is 2.13. The lowest BCUT2D eigenvalue weighted by atomic mass is 10.2. The molecule has 1 aromatic carbocycles. The summed E-state index contributed by atoms with van der Waals surface area (Å²) in [5, 5.41) is 0. The number of benzene rings is 1. The fourth-order valence-electron chi connectivity index (χ4n) is 1.33. The molecule has 3 nitrogen and oxygen atoms in total. The molecule has 17 heavy (non-hydrogen) atoms. The number of rotatable bonds is 8. The molecule has 1 aromatic rings. The first-order chi connectivity index (χ1) is 8.22. The van der Waals surface area contributed by atoms with Crippen LogP contribution in [-0.2, 0) is 16.1 Å². The Hall–Kier alpha value is -1.35. The fraction of sp³-hybridized carbons (Fsp3) is 0.500. The summed E-state index contributed by atoms with van der Waals surface area (Å²) in [6.07, 6.45) is 2.21. The van der Waals surface area contributed by atoms with E-state index in [-0.39, 0.29) is 12.4 Å². The molecule has 94 valence electrons. The van der Waals surface area contributed by atoms with Crippen LogP contribution < -0.4 is 4.74 Å². The molecule has 0 saturated carbocycles. The quantitative estimate of drug-likeness (QED) is 0.651. The zero-order chi connectivity index (χ0) is 12.5. The van der Waals surface area contributed by atoms with E-state index >= 15 is 0 Å². The van der Waals surface area contributed by atoms with E-state index in [0.717, 1.165) is 30.8 Å². The van der Waals surface area contributed by atoms with Crippen LogP contribution >= 0.6 is 0 Å². The third-order valence-corrected chi connectivity index (χ3v) is 2.26. The molecule has 0 aliphatic rings. The standard InChI is InChI=1S/C14H20O3/c1-3-4-9-17-14-7-5-13(6-8-14)11-16-10-12(2)15/h5-8H,3-4,9-11H2,1-2H3. The number of carbonyl (C=O) groups is 1. The van der Waals surface area contributed by atoms with Gasteiger partial charge in [-0.1, -0.05) is 25.5 Å². The third kappa shape index (κ3) is 6.07. The minimum atomic E-state index is 0.0459. The van der Waals surface area contributed by atoms with Gasteiger partial charge in [-0.05, 0) is 31.0 Å². The topological polar surface area (TPSA) is 35.5 Å². The Morgan fingerprint density at radius 2 is 1.94 bits per heavy atom. The lowest BCUT2D eigenvalue weighted by Crippen LogP contribution is -2.03. The summed E-state index contributed by atoms with van der Waals surface area (Å²) in [6.45, 7) is 5.06. The lowest BCUT2D eigenvalue weighted by Gasteiger charge is -2.06. The van der Waals surface area contributed by atoms with Crippen molar-refractivity contribution in [2.45, 2.75) is 33.3 Å². The maximum atomic E-state index is 10.7. The summed E-state index contributed by atoms with van der Waals surface area (Å²) in [6, 6.07) is 7.78. The molecule has 0 aromatic heterocycles. The maximum Gasteiger partial charge on any atom is 0.155 e. The van der Waals surface area contributed by atoms with Gasteiger partial charge in [-0.15, -0.1) is 0 Å². The number of ether oxygens (including phenoxy) is 2. The van der Waals surface area contributed by atoms with E-state index in [1.807, 2.05) is 24.3 Å². The van der Waals surface area contributed by atoms with Crippen molar-refractivity contribution >= 4 is 5.78 Å². The molecule has 0 atom stereocenters. The van der Waals surface area contributed by atoms with E-state index in [2.05, 4.69) is 6.92 Å². The van der Waals surface area contributed by atoms with E-state index in [1.54, 1.807) is 0 Å². The molecule has 0 heterocycles. The van der Waals surface area contributed by atoms with Crippen molar-refractivity contribution in [3.05, 3.63) is 29.8 Å². The highest BCUT2D eigenvalue weighted by molar-refractivity contribution is 5.76. The Morgan fingerprint density at radius 1 is 1.24 bits per heavy atom. The van der Waals surface area contributed by atoms with E-state index in [4.69, 9.17) is 9.47 Å². The van der Waals surface area contributed by atoms with Gasteiger partial charge in [-0.3, -0.25) is 4.79 Å². The van der Waals surface area contributed by atoms with Gasteiger partial charge in [0, 0.05) is 0 Å². The fourth-order valence-corrected chi connectivity index (χ4v) is 1.33. The highest BCUT2D eigenvalue weighted by atomic mass is 16.5. The second-order valence-electron chi connectivity index (χ2n) is 4.04. The van der Waals surface area contributed by atoms with Crippen molar-refractivity contribution in [2.75, 3.05) is 13.2 Å². The van der Waals surface area contributed by atoms with Crippen molar-refractivity contribution in [1.29, 1.82) is 0 Å². The summed E-state index contributed by atoms with van der Waals surface area (Å²) in [4.78, 5) is 10.7. The SMILES string of the molecule is CCCCOc1ccc(COCC(C)=O)cc1. The molecule has 0 aliphatic heterocycles. The second kappa shape index (κ2) is 7.85. The van der Waals surface area contributed by atoms with Crippen LogP contribution in [0.1, 0.15) is 32.3 Å². The van der Waals surface area contributed by atoms with Gasteiger partial charge >= 0.3 is 0 Å². The van der Waals surface area contributed by atoms with E-state index < -0.39 is 0 Å². The number of hydrogen-bond acceptors (Lipinski definition) is 3. The van der Waals surface area contributed by atoms with Gasteiger partial charge in [-0.25, -0.2) is 0 Å². The number of carbonyl (C=O) groups excluding carboxylic acids is 1. The first-order valence-electron chi connectivity index (χ1n) is 6.01. The van der Waals surface area contributed by atoms with Gasteiger partial charge in [0.1, 0.15) is 12.4 Å². The zero-order valence-electron chi connectivity index (χ0n) is 10.6. The molecule has 0 radical (unpaired) electrons. The summed E-state index contributed by atoms with van der Waals surface area (Å²) in [7, 11) is 0. The van der Waals surface area contributed by atoms with Gasteiger partial charge in [0.15, 0.2) is 5.78 Å². The van der Waals surface area contributed by atoms with Crippen LogP contribution in [0.2, 0.25) is 0 Å². The molecule has 0 spiro atoms. The largest absolute Gasteiger partial charge is 0.494 e. The first-order valence-corrected chi connectivity index (χ1v) is 6.01.